The normalized spacial score (nSPS) is 10.3. The monoisotopic (exact) mass is 306 g/mol. The van der Waals surface area contributed by atoms with Crippen molar-refractivity contribution in [3.63, 3.8) is 0 Å². The van der Waals surface area contributed by atoms with Gasteiger partial charge in [0.25, 0.3) is 0 Å². The summed E-state index contributed by atoms with van der Waals surface area (Å²) >= 11 is 1.48. The number of anilines is 1. The molecule has 0 bridgehead atoms. The van der Waals surface area contributed by atoms with Crippen molar-refractivity contribution in [2.45, 2.75) is 19.8 Å². The molecule has 0 aliphatic carbocycles. The number of nitrogens with one attached hydrogen (secondary N) is 1. The minimum Gasteiger partial charge on any atom is -0.492 e. The second-order valence-corrected chi connectivity index (χ2v) is 5.49. The molecule has 0 fully saturated rings. The Morgan fingerprint density at radius 1 is 1.48 bits per heavy atom. The number of nitrogens with zero attached hydrogens (tertiary/aromatic N) is 1. The van der Waals surface area contributed by atoms with Gasteiger partial charge in [0.15, 0.2) is 5.13 Å². The fraction of sp³-hybridized carbons (Fsp3) is 0.333. The summed E-state index contributed by atoms with van der Waals surface area (Å²) in [5.74, 6) is 0.0575. The van der Waals surface area contributed by atoms with Crippen molar-refractivity contribution in [3.05, 3.63) is 40.9 Å². The Kier molecular flexibility index (Phi) is 5.57. The van der Waals surface area contributed by atoms with Crippen LogP contribution in [0, 0.1) is 6.92 Å². The lowest BCUT2D eigenvalue weighted by molar-refractivity contribution is -0.136. The number of aromatic nitrogens is 1. The van der Waals surface area contributed by atoms with Gasteiger partial charge in [0.1, 0.15) is 12.4 Å². The summed E-state index contributed by atoms with van der Waals surface area (Å²) in [6.07, 6.45) is 0.576. The molecule has 2 rings (SSSR count). The first-order valence-corrected chi connectivity index (χ1v) is 7.61. The second-order valence-electron chi connectivity index (χ2n) is 4.63. The Labute approximate surface area is 127 Å². The van der Waals surface area contributed by atoms with Gasteiger partial charge >= 0.3 is 5.97 Å². The minimum atomic E-state index is -0.802. The first kappa shape index (κ1) is 15.3. The summed E-state index contributed by atoms with van der Waals surface area (Å²) in [5, 5.41) is 14.5. The van der Waals surface area contributed by atoms with Crippen LogP contribution in [-0.2, 0) is 11.2 Å². The molecule has 112 valence electrons. The van der Waals surface area contributed by atoms with Crippen molar-refractivity contribution in [2.75, 3.05) is 18.5 Å². The summed E-state index contributed by atoms with van der Waals surface area (Å²) in [5.41, 5.74) is 1.98. The number of carboxylic acids is 1. The van der Waals surface area contributed by atoms with Crippen LogP contribution in [0.3, 0.4) is 0 Å². The number of thiazole rings is 1. The van der Waals surface area contributed by atoms with Crippen molar-refractivity contribution in [1.29, 1.82) is 0 Å². The topological polar surface area (TPSA) is 71.5 Å². The average molecular weight is 306 g/mol. The van der Waals surface area contributed by atoms with Crippen LogP contribution < -0.4 is 10.1 Å². The number of rotatable bonds is 8. The molecule has 2 aromatic rings. The van der Waals surface area contributed by atoms with E-state index < -0.39 is 5.97 Å². The number of benzene rings is 1. The molecule has 0 radical (unpaired) electrons. The quantitative estimate of drug-likeness (QED) is 0.734. The van der Waals surface area contributed by atoms with E-state index in [-0.39, 0.29) is 6.42 Å². The lowest BCUT2D eigenvalue weighted by atomic mass is 10.2. The van der Waals surface area contributed by atoms with Gasteiger partial charge in [-0.15, -0.1) is 11.3 Å². The Morgan fingerprint density at radius 2 is 2.33 bits per heavy atom. The zero-order valence-corrected chi connectivity index (χ0v) is 12.7. The van der Waals surface area contributed by atoms with Crippen LogP contribution in [0.4, 0.5) is 5.13 Å². The third kappa shape index (κ3) is 5.43. The minimum absolute atomic E-state index is 0.111. The van der Waals surface area contributed by atoms with Gasteiger partial charge in [-0.1, -0.05) is 12.1 Å². The molecule has 6 heteroatoms. The molecule has 0 amide bonds. The van der Waals surface area contributed by atoms with E-state index in [1.165, 1.54) is 16.9 Å². The lowest BCUT2D eigenvalue weighted by Crippen LogP contribution is -2.11. The maximum atomic E-state index is 10.5. The van der Waals surface area contributed by atoms with Crippen LogP contribution >= 0.6 is 11.3 Å². The molecule has 0 unspecified atom stereocenters. The Bertz CT molecular complexity index is 598. The fourth-order valence-electron chi connectivity index (χ4n) is 1.77. The predicted octanol–water partition coefficient (Wildman–Crippen LogP) is 2.96. The average Bonchev–Trinajstić information content (AvgIpc) is 2.89. The summed E-state index contributed by atoms with van der Waals surface area (Å²) in [6, 6.07) is 7.92. The molecule has 0 saturated carbocycles. The molecule has 1 heterocycles. The molecule has 0 aliphatic rings. The van der Waals surface area contributed by atoms with Crippen LogP contribution in [-0.4, -0.2) is 29.2 Å². The summed E-state index contributed by atoms with van der Waals surface area (Å²) in [6.45, 7) is 3.23. The Balaban J connectivity index is 1.70. The first-order valence-electron chi connectivity index (χ1n) is 6.73. The highest BCUT2D eigenvalue weighted by Gasteiger charge is 2.04. The SMILES string of the molecule is Cc1cccc(OCCNc2nc(CCC(=O)O)cs2)c1. The van der Waals surface area contributed by atoms with Gasteiger partial charge in [0.05, 0.1) is 18.7 Å². The molecule has 0 aliphatic heterocycles. The van der Waals surface area contributed by atoms with Crippen LogP contribution in [0.2, 0.25) is 0 Å². The van der Waals surface area contributed by atoms with E-state index in [2.05, 4.69) is 10.3 Å². The van der Waals surface area contributed by atoms with Crippen molar-refractivity contribution in [3.8, 4) is 5.75 Å². The number of hydrogen-bond donors (Lipinski definition) is 2. The van der Waals surface area contributed by atoms with E-state index in [1.54, 1.807) is 0 Å². The largest absolute Gasteiger partial charge is 0.492 e. The van der Waals surface area contributed by atoms with Gasteiger partial charge in [-0.05, 0) is 24.6 Å². The third-order valence-electron chi connectivity index (χ3n) is 2.78. The van der Waals surface area contributed by atoms with E-state index in [0.29, 0.717) is 19.6 Å². The molecule has 1 aromatic carbocycles. The third-order valence-corrected chi connectivity index (χ3v) is 3.63. The van der Waals surface area contributed by atoms with Gasteiger partial charge in [0.2, 0.25) is 0 Å². The molecule has 0 saturated heterocycles. The zero-order chi connectivity index (χ0) is 15.1. The van der Waals surface area contributed by atoms with Gasteiger partial charge in [-0.25, -0.2) is 4.98 Å². The van der Waals surface area contributed by atoms with Crippen LogP contribution in [0.25, 0.3) is 0 Å². The molecule has 1 aromatic heterocycles. The number of ether oxygens (including phenoxy) is 1. The standard InChI is InChI=1S/C15H18N2O3S/c1-11-3-2-4-13(9-11)20-8-7-16-15-17-12(10-21-15)5-6-14(18)19/h2-4,9-10H,5-8H2,1H3,(H,16,17)(H,18,19). The molecule has 21 heavy (non-hydrogen) atoms. The van der Waals surface area contributed by atoms with Crippen molar-refractivity contribution in [2.24, 2.45) is 0 Å². The maximum Gasteiger partial charge on any atom is 0.303 e. The molecular weight excluding hydrogens is 288 g/mol. The molecule has 5 nitrogen and oxygen atoms in total. The van der Waals surface area contributed by atoms with Crippen molar-refractivity contribution < 1.29 is 14.6 Å². The number of aryl methyl sites for hydroxylation is 2. The van der Waals surface area contributed by atoms with Crippen LogP contribution in [0.1, 0.15) is 17.7 Å². The Hall–Kier alpha value is -2.08. The van der Waals surface area contributed by atoms with E-state index in [0.717, 1.165) is 16.6 Å². The fourth-order valence-corrected chi connectivity index (χ4v) is 2.54. The molecule has 2 N–H and O–H groups in total. The second kappa shape index (κ2) is 7.64. The van der Waals surface area contributed by atoms with E-state index in [1.807, 2.05) is 36.6 Å². The number of carboxylic acid groups (broad SMARTS) is 1. The predicted molar refractivity (Wildman–Crippen MR) is 83.2 cm³/mol. The van der Waals surface area contributed by atoms with Gasteiger partial charge in [-0.2, -0.15) is 0 Å². The first-order chi connectivity index (χ1) is 10.1. The highest BCUT2D eigenvalue weighted by Crippen LogP contribution is 2.16. The van der Waals surface area contributed by atoms with Gasteiger partial charge < -0.3 is 15.2 Å². The molecule has 0 spiro atoms. The van der Waals surface area contributed by atoms with E-state index in [4.69, 9.17) is 9.84 Å². The van der Waals surface area contributed by atoms with Crippen molar-refractivity contribution in [1.82, 2.24) is 4.98 Å². The molecule has 0 atom stereocenters. The summed E-state index contributed by atoms with van der Waals surface area (Å²) < 4.78 is 5.63. The van der Waals surface area contributed by atoms with E-state index >= 15 is 0 Å². The number of carbonyl (C=O) groups is 1. The summed E-state index contributed by atoms with van der Waals surface area (Å²) in [4.78, 5) is 14.8. The summed E-state index contributed by atoms with van der Waals surface area (Å²) in [7, 11) is 0. The highest BCUT2D eigenvalue weighted by molar-refractivity contribution is 7.13. The Morgan fingerprint density at radius 3 is 3.10 bits per heavy atom. The highest BCUT2D eigenvalue weighted by atomic mass is 32.1. The maximum absolute atomic E-state index is 10.5. The van der Waals surface area contributed by atoms with E-state index in [9.17, 15) is 4.79 Å². The van der Waals surface area contributed by atoms with Crippen molar-refractivity contribution >= 4 is 22.4 Å². The number of aliphatic carboxylic acids is 1. The smallest absolute Gasteiger partial charge is 0.303 e. The number of hydrogen-bond acceptors (Lipinski definition) is 5. The van der Waals surface area contributed by atoms with Gasteiger partial charge in [0, 0.05) is 11.8 Å². The lowest BCUT2D eigenvalue weighted by Gasteiger charge is -2.07. The molecular formula is C15H18N2O3S. The van der Waals surface area contributed by atoms with Gasteiger partial charge in [-0.3, -0.25) is 4.79 Å². The van der Waals surface area contributed by atoms with Crippen LogP contribution in [0.15, 0.2) is 29.6 Å². The zero-order valence-electron chi connectivity index (χ0n) is 11.8. The van der Waals surface area contributed by atoms with Crippen LogP contribution in [0.5, 0.6) is 5.75 Å².